The smallest absolute Gasteiger partial charge is 0.247 e. The predicted molar refractivity (Wildman–Crippen MR) is 98.5 cm³/mol. The molecule has 0 spiro atoms. The van der Waals surface area contributed by atoms with Gasteiger partial charge in [0, 0.05) is 16.8 Å². The van der Waals surface area contributed by atoms with Crippen LogP contribution in [0.4, 0.5) is 0 Å². The Kier molecular flexibility index (Phi) is 6.35. The van der Waals surface area contributed by atoms with Crippen LogP contribution in [0.15, 0.2) is 54.1 Å². The molecule has 7 nitrogen and oxygen atoms in total. The maximum Gasteiger partial charge on any atom is 0.247 e. The van der Waals surface area contributed by atoms with Crippen LogP contribution >= 0.6 is 0 Å². The Hall–Kier alpha value is -3.32. The third-order valence-corrected chi connectivity index (χ3v) is 3.85. The van der Waals surface area contributed by atoms with Crippen molar-refractivity contribution < 1.29 is 19.5 Å². The number of rotatable bonds is 7. The van der Waals surface area contributed by atoms with Crippen LogP contribution in [-0.2, 0) is 4.79 Å². The zero-order valence-electron chi connectivity index (χ0n) is 14.6. The Morgan fingerprint density at radius 3 is 2.31 bits per heavy atom. The van der Waals surface area contributed by atoms with Gasteiger partial charge >= 0.3 is 0 Å². The van der Waals surface area contributed by atoms with E-state index in [9.17, 15) is 4.79 Å². The van der Waals surface area contributed by atoms with Gasteiger partial charge < -0.3 is 15.2 Å². The van der Waals surface area contributed by atoms with Crippen LogP contribution in [0.2, 0.25) is 0 Å². The van der Waals surface area contributed by atoms with Crippen LogP contribution in [0.3, 0.4) is 0 Å². The van der Waals surface area contributed by atoms with Gasteiger partial charge in [-0.05, 0) is 23.8 Å². The summed E-state index contributed by atoms with van der Waals surface area (Å²) < 4.78 is 10.5. The van der Waals surface area contributed by atoms with Crippen molar-refractivity contribution in [1.29, 1.82) is 5.41 Å². The molecule has 0 saturated heterocycles. The van der Waals surface area contributed by atoms with Gasteiger partial charge in [-0.3, -0.25) is 15.4 Å². The first-order chi connectivity index (χ1) is 12.5. The SMILES string of the molecule is COc1ccc(C(=N)/C(CC(=O)NO)=C(\N)c2ccccc2)cc1OC. The molecule has 2 aromatic rings. The van der Waals surface area contributed by atoms with Crippen molar-refractivity contribution in [1.82, 2.24) is 5.48 Å². The fourth-order valence-electron chi connectivity index (χ4n) is 2.48. The van der Waals surface area contributed by atoms with Gasteiger partial charge in [0.25, 0.3) is 0 Å². The minimum atomic E-state index is -0.663. The molecule has 0 aliphatic rings. The highest BCUT2D eigenvalue weighted by atomic mass is 16.5. The Bertz CT molecular complexity index is 832. The van der Waals surface area contributed by atoms with E-state index < -0.39 is 5.91 Å². The molecule has 26 heavy (non-hydrogen) atoms. The summed E-state index contributed by atoms with van der Waals surface area (Å²) in [7, 11) is 3.02. The lowest BCUT2D eigenvalue weighted by Gasteiger charge is -2.15. The molecule has 0 atom stereocenters. The fourth-order valence-corrected chi connectivity index (χ4v) is 2.48. The predicted octanol–water partition coefficient (Wildman–Crippen LogP) is 2.34. The summed E-state index contributed by atoms with van der Waals surface area (Å²) in [5.74, 6) is 0.321. The maximum atomic E-state index is 11.7. The molecule has 0 unspecified atom stereocenters. The largest absolute Gasteiger partial charge is 0.493 e. The van der Waals surface area contributed by atoms with E-state index in [4.69, 9.17) is 25.8 Å². The number of hydrogen-bond acceptors (Lipinski definition) is 6. The standard InChI is InChI=1S/C19H21N3O4/c1-25-15-9-8-13(10-16(15)26-2)19(21)14(11-17(23)22-24)18(20)12-6-4-3-5-7-12/h3-10,21,24H,11,20H2,1-2H3,(H,22,23)/b18-14-,21-19?. The normalized spacial score (nSPS) is 11.3. The third kappa shape index (κ3) is 4.20. The monoisotopic (exact) mass is 355 g/mol. The average Bonchev–Trinajstić information content (AvgIpc) is 2.70. The first-order valence-electron chi connectivity index (χ1n) is 7.80. The molecule has 0 fully saturated rings. The van der Waals surface area contributed by atoms with Gasteiger partial charge in [-0.15, -0.1) is 0 Å². The molecular weight excluding hydrogens is 334 g/mol. The number of carbonyl (C=O) groups excluding carboxylic acids is 1. The number of methoxy groups -OCH3 is 2. The lowest BCUT2D eigenvalue weighted by Crippen LogP contribution is -2.23. The van der Waals surface area contributed by atoms with Crippen LogP contribution < -0.4 is 20.7 Å². The number of ether oxygens (including phenoxy) is 2. The number of nitrogens with one attached hydrogen (secondary N) is 2. The van der Waals surface area contributed by atoms with Gasteiger partial charge in [0.05, 0.1) is 26.4 Å². The summed E-state index contributed by atoms with van der Waals surface area (Å²) in [4.78, 5) is 11.7. The Labute approximate surface area is 151 Å². The minimum Gasteiger partial charge on any atom is -0.493 e. The van der Waals surface area contributed by atoms with Crippen molar-refractivity contribution >= 4 is 17.3 Å². The Morgan fingerprint density at radius 2 is 1.73 bits per heavy atom. The first kappa shape index (κ1) is 19.0. The van der Waals surface area contributed by atoms with E-state index >= 15 is 0 Å². The van der Waals surface area contributed by atoms with Gasteiger partial charge in [-0.2, -0.15) is 0 Å². The second-order valence-electron chi connectivity index (χ2n) is 5.41. The molecular formula is C19H21N3O4. The maximum absolute atomic E-state index is 11.7. The second kappa shape index (κ2) is 8.68. The molecule has 1 amide bonds. The average molecular weight is 355 g/mol. The summed E-state index contributed by atoms with van der Waals surface area (Å²) >= 11 is 0. The number of amides is 1. The zero-order chi connectivity index (χ0) is 19.1. The van der Waals surface area contributed by atoms with Crippen molar-refractivity contribution in [2.75, 3.05) is 14.2 Å². The van der Waals surface area contributed by atoms with Gasteiger partial charge in [-0.1, -0.05) is 30.3 Å². The lowest BCUT2D eigenvalue weighted by molar-refractivity contribution is -0.128. The molecule has 0 saturated carbocycles. The summed E-state index contributed by atoms with van der Waals surface area (Å²) in [6, 6.07) is 14.0. The van der Waals surface area contributed by atoms with E-state index in [0.717, 1.165) is 0 Å². The molecule has 7 heteroatoms. The topological polar surface area (TPSA) is 118 Å². The van der Waals surface area contributed by atoms with Crippen LogP contribution in [0.5, 0.6) is 11.5 Å². The van der Waals surface area contributed by atoms with E-state index in [1.54, 1.807) is 35.8 Å². The number of carbonyl (C=O) groups is 1. The molecule has 0 heterocycles. The van der Waals surface area contributed by atoms with Crippen LogP contribution in [0.25, 0.3) is 5.70 Å². The van der Waals surface area contributed by atoms with E-state index in [0.29, 0.717) is 22.6 Å². The van der Waals surface area contributed by atoms with Gasteiger partial charge in [-0.25, -0.2) is 5.48 Å². The lowest BCUT2D eigenvalue weighted by atomic mass is 9.95. The molecule has 2 aromatic carbocycles. The summed E-state index contributed by atoms with van der Waals surface area (Å²) in [5.41, 5.74) is 9.61. The highest BCUT2D eigenvalue weighted by Crippen LogP contribution is 2.29. The number of hydrogen-bond donors (Lipinski definition) is 4. The fraction of sp³-hybridized carbons (Fsp3) is 0.158. The minimum absolute atomic E-state index is 0.0518. The van der Waals surface area contributed by atoms with Gasteiger partial charge in [0.15, 0.2) is 11.5 Å². The summed E-state index contributed by atoms with van der Waals surface area (Å²) in [5, 5.41) is 17.4. The molecule has 2 rings (SSSR count). The summed E-state index contributed by atoms with van der Waals surface area (Å²) in [6.07, 6.45) is -0.246. The van der Waals surface area contributed by atoms with Crippen LogP contribution in [0.1, 0.15) is 17.5 Å². The molecule has 0 aliphatic heterocycles. The van der Waals surface area contributed by atoms with Gasteiger partial charge in [0.1, 0.15) is 0 Å². The van der Waals surface area contributed by atoms with E-state index in [1.807, 2.05) is 18.2 Å². The van der Waals surface area contributed by atoms with Crippen molar-refractivity contribution in [2.45, 2.75) is 6.42 Å². The first-order valence-corrected chi connectivity index (χ1v) is 7.80. The molecule has 0 aliphatic carbocycles. The molecule has 0 aromatic heterocycles. The zero-order valence-corrected chi connectivity index (χ0v) is 14.6. The van der Waals surface area contributed by atoms with E-state index in [-0.39, 0.29) is 23.4 Å². The Balaban J connectivity index is 2.52. The van der Waals surface area contributed by atoms with E-state index in [1.165, 1.54) is 14.2 Å². The van der Waals surface area contributed by atoms with Crippen molar-refractivity contribution in [3.05, 3.63) is 65.2 Å². The quantitative estimate of drug-likeness (QED) is 0.345. The van der Waals surface area contributed by atoms with Gasteiger partial charge in [0.2, 0.25) is 5.91 Å². The molecule has 0 radical (unpaired) electrons. The van der Waals surface area contributed by atoms with E-state index in [2.05, 4.69) is 0 Å². The highest BCUT2D eigenvalue weighted by molar-refractivity contribution is 6.16. The number of hydroxylamine groups is 1. The number of benzene rings is 2. The molecule has 0 bridgehead atoms. The molecule has 136 valence electrons. The van der Waals surface area contributed by atoms with Crippen molar-refractivity contribution in [3.63, 3.8) is 0 Å². The van der Waals surface area contributed by atoms with Crippen molar-refractivity contribution in [3.8, 4) is 11.5 Å². The molecule has 5 N–H and O–H groups in total. The summed E-state index contributed by atoms with van der Waals surface area (Å²) in [6.45, 7) is 0. The van der Waals surface area contributed by atoms with Crippen LogP contribution in [0, 0.1) is 5.41 Å². The highest BCUT2D eigenvalue weighted by Gasteiger charge is 2.18. The van der Waals surface area contributed by atoms with Crippen molar-refractivity contribution in [2.24, 2.45) is 5.73 Å². The number of nitrogens with two attached hydrogens (primary N) is 1. The Morgan fingerprint density at radius 1 is 1.08 bits per heavy atom. The van der Waals surface area contributed by atoms with Crippen LogP contribution in [-0.4, -0.2) is 31.0 Å². The third-order valence-electron chi connectivity index (χ3n) is 3.85. The second-order valence-corrected chi connectivity index (χ2v) is 5.41.